The Kier molecular flexibility index (Phi) is 5.74. The van der Waals surface area contributed by atoms with Crippen molar-refractivity contribution in [1.29, 1.82) is 0 Å². The summed E-state index contributed by atoms with van der Waals surface area (Å²) in [5.74, 6) is 1.63. The van der Waals surface area contributed by atoms with Crippen LogP contribution in [0.5, 0.6) is 0 Å². The van der Waals surface area contributed by atoms with Gasteiger partial charge in [-0.3, -0.25) is 9.89 Å². The second-order valence-electron chi connectivity index (χ2n) is 7.08. The maximum absolute atomic E-state index is 13.2. The van der Waals surface area contributed by atoms with Gasteiger partial charge in [0, 0.05) is 30.1 Å². The summed E-state index contributed by atoms with van der Waals surface area (Å²) in [6.07, 6.45) is 3.33. The van der Waals surface area contributed by atoms with Crippen molar-refractivity contribution in [3.63, 3.8) is 0 Å². The lowest BCUT2D eigenvalue weighted by molar-refractivity contribution is -0.122. The van der Waals surface area contributed by atoms with E-state index in [1.807, 2.05) is 37.4 Å². The number of hydrogen-bond acceptors (Lipinski definition) is 7. The fourth-order valence-corrected chi connectivity index (χ4v) is 3.16. The second-order valence-corrected chi connectivity index (χ2v) is 7.08. The van der Waals surface area contributed by atoms with E-state index in [-0.39, 0.29) is 18.4 Å². The van der Waals surface area contributed by atoms with E-state index < -0.39 is 6.17 Å². The van der Waals surface area contributed by atoms with Gasteiger partial charge in [-0.2, -0.15) is 10.1 Å². The number of halogens is 1. The lowest BCUT2D eigenvalue weighted by atomic mass is 10.2. The van der Waals surface area contributed by atoms with Crippen LogP contribution in [0.15, 0.2) is 42.7 Å². The molecule has 0 radical (unpaired) electrons. The summed E-state index contributed by atoms with van der Waals surface area (Å²) in [7, 11) is 0. The van der Waals surface area contributed by atoms with Crippen LogP contribution in [0.3, 0.4) is 0 Å². The molecule has 10 nitrogen and oxygen atoms in total. The molecule has 4 heterocycles. The van der Waals surface area contributed by atoms with Crippen molar-refractivity contribution in [1.82, 2.24) is 30.1 Å². The van der Waals surface area contributed by atoms with Crippen LogP contribution >= 0.6 is 0 Å². The third-order valence-electron chi connectivity index (χ3n) is 4.84. The molecule has 5 N–H and O–H groups in total. The van der Waals surface area contributed by atoms with Crippen molar-refractivity contribution in [3.8, 4) is 0 Å². The summed E-state index contributed by atoms with van der Waals surface area (Å²) < 4.78 is 13.2. The van der Waals surface area contributed by atoms with Gasteiger partial charge in [0.2, 0.25) is 5.95 Å². The first-order valence-corrected chi connectivity index (χ1v) is 9.65. The van der Waals surface area contributed by atoms with Gasteiger partial charge in [0.15, 0.2) is 5.82 Å². The molecular formula is C20H21FN8O2. The van der Waals surface area contributed by atoms with Crippen LogP contribution in [0.2, 0.25) is 0 Å². The molecule has 3 atom stereocenters. The van der Waals surface area contributed by atoms with Gasteiger partial charge in [-0.05, 0) is 37.6 Å². The quantitative estimate of drug-likeness (QED) is 0.296. The number of pyridine rings is 1. The summed E-state index contributed by atoms with van der Waals surface area (Å²) in [4.78, 5) is 24.9. The van der Waals surface area contributed by atoms with E-state index in [1.54, 1.807) is 12.3 Å². The first kappa shape index (κ1) is 20.3. The highest BCUT2D eigenvalue weighted by Crippen LogP contribution is 2.43. The lowest BCUT2D eigenvalue weighted by Crippen LogP contribution is -2.11. The molecule has 4 aromatic rings. The van der Waals surface area contributed by atoms with Gasteiger partial charge in [0.25, 0.3) is 6.47 Å². The molecule has 4 aromatic heterocycles. The summed E-state index contributed by atoms with van der Waals surface area (Å²) in [5.41, 5.74) is 3.63. The Hall–Kier alpha value is -4.02. The van der Waals surface area contributed by atoms with E-state index in [4.69, 9.17) is 9.90 Å². The minimum Gasteiger partial charge on any atom is -0.483 e. The zero-order chi connectivity index (χ0) is 21.8. The molecule has 5 rings (SSSR count). The zero-order valence-electron chi connectivity index (χ0n) is 16.6. The van der Waals surface area contributed by atoms with Gasteiger partial charge in [0.05, 0.1) is 22.8 Å². The Morgan fingerprint density at radius 3 is 2.84 bits per heavy atom. The first-order chi connectivity index (χ1) is 15.1. The number of carboxylic acid groups (broad SMARTS) is 1. The van der Waals surface area contributed by atoms with Crippen molar-refractivity contribution in [3.05, 3.63) is 54.1 Å². The molecule has 0 aromatic carbocycles. The van der Waals surface area contributed by atoms with E-state index in [0.29, 0.717) is 24.0 Å². The number of aromatic nitrogens is 6. The number of carbonyl (C=O) groups is 1. The standard InChI is InChI=1S/C19H19FN8.CH2O2/c1-10(13-2-3-14-15(24-13)4-6-21-14)23-19-22-7-5-17(26-19)25-18-9-16(27-28-18)11-8-12(11)20;2-1-3/h2-7,9-12,21H,8H2,1H3,(H3,22,23,25,26,27,28);1H,(H,2,3)/t10-,11+,12-;/m0./s1. The lowest BCUT2D eigenvalue weighted by Gasteiger charge is -2.14. The molecule has 31 heavy (non-hydrogen) atoms. The fourth-order valence-electron chi connectivity index (χ4n) is 3.16. The molecule has 11 heteroatoms. The molecule has 1 aliphatic rings. The molecule has 0 spiro atoms. The molecule has 0 aliphatic heterocycles. The predicted molar refractivity (Wildman–Crippen MR) is 113 cm³/mol. The average molecular weight is 424 g/mol. The summed E-state index contributed by atoms with van der Waals surface area (Å²) in [6.45, 7) is 1.76. The number of alkyl halides is 1. The summed E-state index contributed by atoms with van der Waals surface area (Å²) >= 11 is 0. The molecule has 160 valence electrons. The minimum atomic E-state index is -0.760. The highest BCUT2D eigenvalue weighted by molar-refractivity contribution is 5.74. The number of aromatic amines is 2. The van der Waals surface area contributed by atoms with Crippen LogP contribution in [-0.2, 0) is 4.79 Å². The number of nitrogens with zero attached hydrogens (tertiary/aromatic N) is 4. The van der Waals surface area contributed by atoms with Crippen molar-refractivity contribution < 1.29 is 14.3 Å². The number of nitrogens with one attached hydrogen (secondary N) is 4. The van der Waals surface area contributed by atoms with E-state index in [2.05, 4.69) is 40.8 Å². The van der Waals surface area contributed by atoms with Gasteiger partial charge >= 0.3 is 0 Å². The highest BCUT2D eigenvalue weighted by Gasteiger charge is 2.40. The maximum Gasteiger partial charge on any atom is 0.290 e. The number of anilines is 3. The van der Waals surface area contributed by atoms with Gasteiger partial charge < -0.3 is 20.7 Å². The second kappa shape index (κ2) is 8.78. The largest absolute Gasteiger partial charge is 0.483 e. The normalized spacial score (nSPS) is 18.0. The summed E-state index contributed by atoms with van der Waals surface area (Å²) in [5, 5.41) is 20.3. The SMILES string of the molecule is C[C@H](Nc1nccc(Nc2cc([C@@H]3C[C@@H]3F)[nH]n2)n1)c1ccc2[nH]ccc2n1.O=CO. The predicted octanol–water partition coefficient (Wildman–Crippen LogP) is 3.52. The van der Waals surface area contributed by atoms with Gasteiger partial charge in [-0.1, -0.05) is 0 Å². The Balaban J connectivity index is 0.000000730. The smallest absolute Gasteiger partial charge is 0.290 e. The third-order valence-corrected chi connectivity index (χ3v) is 4.84. The van der Waals surface area contributed by atoms with Crippen LogP contribution < -0.4 is 10.6 Å². The first-order valence-electron chi connectivity index (χ1n) is 9.65. The van der Waals surface area contributed by atoms with Crippen LogP contribution in [0.1, 0.15) is 36.7 Å². The van der Waals surface area contributed by atoms with Gasteiger partial charge in [0.1, 0.15) is 12.0 Å². The van der Waals surface area contributed by atoms with Gasteiger partial charge in [-0.25, -0.2) is 14.4 Å². The van der Waals surface area contributed by atoms with Crippen molar-refractivity contribution in [2.45, 2.75) is 31.5 Å². The van der Waals surface area contributed by atoms with Crippen molar-refractivity contribution in [2.24, 2.45) is 0 Å². The van der Waals surface area contributed by atoms with E-state index >= 15 is 0 Å². The Morgan fingerprint density at radius 1 is 1.26 bits per heavy atom. The minimum absolute atomic E-state index is 0.0589. The zero-order valence-corrected chi connectivity index (χ0v) is 16.6. The van der Waals surface area contributed by atoms with Crippen LogP contribution in [0.25, 0.3) is 11.0 Å². The maximum atomic E-state index is 13.2. The summed E-state index contributed by atoms with van der Waals surface area (Å²) in [6, 6.07) is 9.42. The molecule has 1 aliphatic carbocycles. The third kappa shape index (κ3) is 4.77. The monoisotopic (exact) mass is 424 g/mol. The van der Waals surface area contributed by atoms with E-state index in [0.717, 1.165) is 22.4 Å². The number of rotatable bonds is 6. The highest BCUT2D eigenvalue weighted by atomic mass is 19.1. The fraction of sp³-hybridized carbons (Fsp3) is 0.250. The van der Waals surface area contributed by atoms with E-state index in [9.17, 15) is 4.39 Å². The Morgan fingerprint density at radius 2 is 2.06 bits per heavy atom. The molecule has 0 amide bonds. The Labute approximate surface area is 176 Å². The topological polar surface area (TPSA) is 144 Å². The molecule has 0 unspecified atom stereocenters. The molecule has 1 saturated carbocycles. The van der Waals surface area contributed by atoms with Gasteiger partial charge in [-0.15, -0.1) is 0 Å². The number of hydrogen-bond donors (Lipinski definition) is 5. The van der Waals surface area contributed by atoms with Crippen LogP contribution in [-0.4, -0.2) is 47.9 Å². The van der Waals surface area contributed by atoms with E-state index in [1.165, 1.54) is 0 Å². The molecule has 1 fully saturated rings. The number of H-pyrrole nitrogens is 2. The van der Waals surface area contributed by atoms with Crippen molar-refractivity contribution in [2.75, 3.05) is 10.6 Å². The Bertz CT molecular complexity index is 1180. The molecule has 0 bridgehead atoms. The number of fused-ring (bicyclic) bond motifs is 1. The average Bonchev–Trinajstić information content (AvgIpc) is 3.14. The van der Waals surface area contributed by atoms with Crippen LogP contribution in [0.4, 0.5) is 22.0 Å². The molecular weight excluding hydrogens is 403 g/mol. The molecule has 0 saturated heterocycles. The van der Waals surface area contributed by atoms with Crippen LogP contribution in [0, 0.1) is 0 Å². The van der Waals surface area contributed by atoms with Crippen molar-refractivity contribution >= 4 is 35.1 Å².